The lowest BCUT2D eigenvalue weighted by Crippen LogP contribution is -2.01. The van der Waals surface area contributed by atoms with E-state index in [0.717, 1.165) is 33.5 Å². The number of hydrogen-bond donors (Lipinski definition) is 0. The zero-order valence-corrected chi connectivity index (χ0v) is 16.0. The summed E-state index contributed by atoms with van der Waals surface area (Å²) in [4.78, 5) is 0. The summed E-state index contributed by atoms with van der Waals surface area (Å²) >= 11 is 7.44. The van der Waals surface area contributed by atoms with Crippen molar-refractivity contribution in [2.75, 3.05) is 12.4 Å². The lowest BCUT2D eigenvalue weighted by molar-refractivity contribution is 0.344. The van der Waals surface area contributed by atoms with Crippen molar-refractivity contribution < 1.29 is 4.74 Å². The number of aromatic nitrogens is 6. The van der Waals surface area contributed by atoms with Crippen LogP contribution < -0.4 is 4.74 Å². The van der Waals surface area contributed by atoms with E-state index in [1.807, 2.05) is 47.8 Å². The first-order valence-electron chi connectivity index (χ1n) is 8.41. The molecule has 9 heteroatoms. The minimum Gasteiger partial charge on any atom is -0.493 e. The Balaban J connectivity index is 1.38. The smallest absolute Gasteiger partial charge is 0.260 e. The van der Waals surface area contributed by atoms with Crippen LogP contribution in [-0.4, -0.2) is 41.1 Å². The van der Waals surface area contributed by atoms with Crippen LogP contribution in [0, 0.1) is 0 Å². The molecule has 0 saturated heterocycles. The fourth-order valence-corrected chi connectivity index (χ4v) is 3.92. The Bertz CT molecular complexity index is 1260. The van der Waals surface area contributed by atoms with Gasteiger partial charge in [0.1, 0.15) is 5.75 Å². The molecule has 0 bridgehead atoms. The molecule has 5 rings (SSSR count). The number of thioether (sulfide) groups is 1. The van der Waals surface area contributed by atoms with Crippen LogP contribution in [0.5, 0.6) is 5.75 Å². The number of rotatable bonds is 5. The molecule has 27 heavy (non-hydrogen) atoms. The molecule has 0 saturated carbocycles. The van der Waals surface area contributed by atoms with Gasteiger partial charge >= 0.3 is 0 Å². The van der Waals surface area contributed by atoms with Crippen LogP contribution in [0.1, 0.15) is 0 Å². The maximum Gasteiger partial charge on any atom is 0.260 e. The van der Waals surface area contributed by atoms with Crippen LogP contribution in [0.25, 0.3) is 22.6 Å². The third-order valence-corrected chi connectivity index (χ3v) is 5.50. The van der Waals surface area contributed by atoms with Crippen LogP contribution in [0.2, 0.25) is 5.02 Å². The van der Waals surface area contributed by atoms with Gasteiger partial charge < -0.3 is 9.30 Å². The summed E-state index contributed by atoms with van der Waals surface area (Å²) in [5.41, 5.74) is 2.17. The number of benzene rings is 2. The zero-order valence-electron chi connectivity index (χ0n) is 14.4. The molecule has 0 spiro atoms. The lowest BCUT2D eigenvalue weighted by Gasteiger charge is -2.04. The standard InChI is InChI=1S/C18H15ClN6OS/c1-23-14-4-2-3-5-15(14)24-16-20-21-18(25(16)22-17(23)24)27-11-10-26-13-8-6-12(19)7-9-13/h2-9H,10-11H2,1H3. The lowest BCUT2D eigenvalue weighted by atomic mass is 10.3. The Labute approximate surface area is 163 Å². The van der Waals surface area contributed by atoms with E-state index in [1.54, 1.807) is 16.3 Å². The average molecular weight is 399 g/mol. The largest absolute Gasteiger partial charge is 0.493 e. The van der Waals surface area contributed by atoms with E-state index in [1.165, 1.54) is 0 Å². The maximum absolute atomic E-state index is 5.88. The number of hydrogen-bond acceptors (Lipinski definition) is 5. The van der Waals surface area contributed by atoms with Gasteiger partial charge in [-0.2, -0.15) is 4.52 Å². The van der Waals surface area contributed by atoms with Crippen molar-refractivity contribution in [3.05, 3.63) is 53.6 Å². The van der Waals surface area contributed by atoms with E-state index in [0.29, 0.717) is 17.4 Å². The summed E-state index contributed by atoms with van der Waals surface area (Å²) in [7, 11) is 2.00. The van der Waals surface area contributed by atoms with Gasteiger partial charge in [-0.3, -0.25) is 0 Å². The highest BCUT2D eigenvalue weighted by atomic mass is 35.5. The molecule has 0 fully saturated rings. The van der Waals surface area contributed by atoms with E-state index in [9.17, 15) is 0 Å². The van der Waals surface area contributed by atoms with Crippen LogP contribution in [0.4, 0.5) is 0 Å². The van der Waals surface area contributed by atoms with Crippen LogP contribution in [0.3, 0.4) is 0 Å². The number of imidazole rings is 1. The minimum absolute atomic E-state index is 0.553. The first-order valence-corrected chi connectivity index (χ1v) is 9.77. The molecule has 3 heterocycles. The number of halogens is 1. The van der Waals surface area contributed by atoms with Gasteiger partial charge in [-0.1, -0.05) is 35.5 Å². The van der Waals surface area contributed by atoms with E-state index in [2.05, 4.69) is 26.9 Å². The van der Waals surface area contributed by atoms with Crippen LogP contribution in [-0.2, 0) is 7.05 Å². The molecule has 5 aromatic rings. The second-order valence-corrected chi connectivity index (χ2v) is 7.53. The molecule has 0 aliphatic rings. The van der Waals surface area contributed by atoms with Crippen molar-refractivity contribution in [2.45, 2.75) is 5.16 Å². The maximum atomic E-state index is 5.88. The van der Waals surface area contributed by atoms with Gasteiger partial charge in [0, 0.05) is 17.8 Å². The zero-order chi connectivity index (χ0) is 18.4. The summed E-state index contributed by atoms with van der Waals surface area (Å²) in [5, 5.41) is 14.8. The van der Waals surface area contributed by atoms with Gasteiger partial charge in [-0.15, -0.1) is 15.3 Å². The Morgan fingerprint density at radius 3 is 2.59 bits per heavy atom. The van der Waals surface area contributed by atoms with Gasteiger partial charge in [0.05, 0.1) is 17.6 Å². The predicted molar refractivity (Wildman–Crippen MR) is 106 cm³/mol. The predicted octanol–water partition coefficient (Wildman–Crippen LogP) is 3.69. The fourth-order valence-electron chi connectivity index (χ4n) is 3.10. The van der Waals surface area contributed by atoms with E-state index in [-0.39, 0.29) is 0 Å². The molecule has 0 N–H and O–H groups in total. The SMILES string of the molecule is Cn1c2ccccc2n2c1nn1c(SCCOc3ccc(Cl)cc3)nnc12. The second-order valence-electron chi connectivity index (χ2n) is 6.03. The summed E-state index contributed by atoms with van der Waals surface area (Å²) in [6, 6.07) is 15.5. The molecule has 0 radical (unpaired) electrons. The molecule has 0 amide bonds. The Morgan fingerprint density at radius 2 is 1.78 bits per heavy atom. The number of ether oxygens (including phenoxy) is 1. The molecule has 0 unspecified atom stereocenters. The average Bonchev–Trinajstić information content (AvgIpc) is 3.32. The van der Waals surface area contributed by atoms with Gasteiger partial charge in [-0.25, -0.2) is 4.40 Å². The van der Waals surface area contributed by atoms with E-state index < -0.39 is 0 Å². The number of para-hydroxylation sites is 2. The third kappa shape index (κ3) is 2.72. The van der Waals surface area contributed by atoms with Gasteiger partial charge in [0.25, 0.3) is 5.78 Å². The molecule has 2 aromatic carbocycles. The van der Waals surface area contributed by atoms with Crippen LogP contribution >= 0.6 is 23.4 Å². The normalized spacial score (nSPS) is 11.8. The topological polar surface area (TPSA) is 61.7 Å². The number of fused-ring (bicyclic) bond motifs is 5. The molecule has 0 aliphatic carbocycles. The Hall–Kier alpha value is -2.71. The summed E-state index contributed by atoms with van der Waals surface area (Å²) in [5.74, 6) is 3.08. The molecule has 136 valence electrons. The van der Waals surface area contributed by atoms with Crippen molar-refractivity contribution in [1.82, 2.24) is 28.8 Å². The van der Waals surface area contributed by atoms with Gasteiger partial charge in [0.15, 0.2) is 0 Å². The highest BCUT2D eigenvalue weighted by Gasteiger charge is 2.18. The van der Waals surface area contributed by atoms with Crippen molar-refractivity contribution in [1.29, 1.82) is 0 Å². The highest BCUT2D eigenvalue weighted by Crippen LogP contribution is 2.24. The molecule has 3 aromatic heterocycles. The first-order chi connectivity index (χ1) is 13.2. The fraction of sp³-hybridized carbons (Fsp3) is 0.167. The third-order valence-electron chi connectivity index (χ3n) is 4.37. The Morgan fingerprint density at radius 1 is 1.00 bits per heavy atom. The van der Waals surface area contributed by atoms with Crippen molar-refractivity contribution >= 4 is 46.0 Å². The van der Waals surface area contributed by atoms with Gasteiger partial charge in [0.2, 0.25) is 10.9 Å². The Kier molecular flexibility index (Phi) is 3.95. The summed E-state index contributed by atoms with van der Waals surface area (Å²) in [6.07, 6.45) is 0. The number of aryl methyl sites for hydroxylation is 1. The van der Waals surface area contributed by atoms with Crippen molar-refractivity contribution in [3.63, 3.8) is 0 Å². The highest BCUT2D eigenvalue weighted by molar-refractivity contribution is 7.99. The van der Waals surface area contributed by atoms with E-state index in [4.69, 9.17) is 21.4 Å². The quantitative estimate of drug-likeness (QED) is 0.334. The second kappa shape index (κ2) is 6.47. The molecule has 7 nitrogen and oxygen atoms in total. The number of nitrogens with zero attached hydrogens (tertiary/aromatic N) is 6. The minimum atomic E-state index is 0.553. The van der Waals surface area contributed by atoms with Crippen LogP contribution in [0.15, 0.2) is 53.7 Å². The molecule has 0 aliphatic heterocycles. The van der Waals surface area contributed by atoms with Crippen molar-refractivity contribution in [2.24, 2.45) is 7.05 Å². The first kappa shape index (κ1) is 16.5. The summed E-state index contributed by atoms with van der Waals surface area (Å²) < 4.78 is 11.6. The van der Waals surface area contributed by atoms with Gasteiger partial charge in [-0.05, 0) is 36.4 Å². The molecule has 0 atom stereocenters. The molecular formula is C18H15ClN6OS. The van der Waals surface area contributed by atoms with Crippen molar-refractivity contribution in [3.8, 4) is 5.75 Å². The van der Waals surface area contributed by atoms with E-state index >= 15 is 0 Å². The summed E-state index contributed by atoms with van der Waals surface area (Å²) in [6.45, 7) is 0.553. The molecular weight excluding hydrogens is 384 g/mol. The monoisotopic (exact) mass is 398 g/mol.